The molecule has 30 heavy (non-hydrogen) atoms. The van der Waals surface area contributed by atoms with E-state index in [1.807, 2.05) is 6.92 Å². The molecular weight excluding hydrogens is 406 g/mol. The minimum Gasteiger partial charge on any atom is -0.340 e. The molecular formula is C21H28ClN5O3. The van der Waals surface area contributed by atoms with E-state index in [4.69, 9.17) is 11.6 Å². The van der Waals surface area contributed by atoms with Crippen LogP contribution in [0, 0.1) is 18.8 Å². The SMILES string of the molecule is Cc1c(Cl)cccc1NC(=O)C1CC(=O)NC2NC(N3CCCCC3C)NC(=O)C21. The lowest BCUT2D eigenvalue weighted by atomic mass is 9.81. The van der Waals surface area contributed by atoms with Gasteiger partial charge in [-0.25, -0.2) is 0 Å². The van der Waals surface area contributed by atoms with Crippen LogP contribution in [-0.4, -0.2) is 47.7 Å². The number of amides is 3. The summed E-state index contributed by atoms with van der Waals surface area (Å²) in [5.41, 5.74) is 1.33. The minimum atomic E-state index is -0.769. The highest BCUT2D eigenvalue weighted by molar-refractivity contribution is 6.31. The van der Waals surface area contributed by atoms with Gasteiger partial charge >= 0.3 is 0 Å². The number of anilines is 1. The summed E-state index contributed by atoms with van der Waals surface area (Å²) in [5.74, 6) is -2.27. The zero-order valence-electron chi connectivity index (χ0n) is 17.2. The summed E-state index contributed by atoms with van der Waals surface area (Å²) in [7, 11) is 0. The van der Waals surface area contributed by atoms with Gasteiger partial charge in [0, 0.05) is 29.7 Å². The van der Waals surface area contributed by atoms with E-state index in [0.29, 0.717) is 16.8 Å². The molecule has 5 unspecified atom stereocenters. The number of carbonyl (C=O) groups excluding carboxylic acids is 3. The molecule has 3 heterocycles. The van der Waals surface area contributed by atoms with Crippen LogP contribution in [0.2, 0.25) is 5.02 Å². The van der Waals surface area contributed by atoms with Crippen molar-refractivity contribution in [3.05, 3.63) is 28.8 Å². The van der Waals surface area contributed by atoms with Crippen molar-refractivity contribution in [2.24, 2.45) is 11.8 Å². The minimum absolute atomic E-state index is 0.0352. The second kappa shape index (κ2) is 8.53. The summed E-state index contributed by atoms with van der Waals surface area (Å²) >= 11 is 6.15. The zero-order chi connectivity index (χ0) is 21.4. The Labute approximate surface area is 181 Å². The van der Waals surface area contributed by atoms with E-state index in [2.05, 4.69) is 33.1 Å². The van der Waals surface area contributed by atoms with Gasteiger partial charge < -0.3 is 16.0 Å². The van der Waals surface area contributed by atoms with Crippen LogP contribution in [0.15, 0.2) is 18.2 Å². The van der Waals surface area contributed by atoms with Gasteiger partial charge in [0.2, 0.25) is 17.7 Å². The molecule has 0 spiro atoms. The van der Waals surface area contributed by atoms with Crippen molar-refractivity contribution in [2.45, 2.75) is 58.0 Å². The highest BCUT2D eigenvalue weighted by Crippen LogP contribution is 2.30. The number of benzene rings is 1. The first-order valence-electron chi connectivity index (χ1n) is 10.5. The summed E-state index contributed by atoms with van der Waals surface area (Å²) in [6.07, 6.45) is 2.34. The normalized spacial score (nSPS) is 32.0. The highest BCUT2D eigenvalue weighted by Gasteiger charge is 2.49. The van der Waals surface area contributed by atoms with E-state index in [9.17, 15) is 14.4 Å². The Morgan fingerprint density at radius 1 is 1.23 bits per heavy atom. The summed E-state index contributed by atoms with van der Waals surface area (Å²) < 4.78 is 0. The Morgan fingerprint density at radius 2 is 2.03 bits per heavy atom. The highest BCUT2D eigenvalue weighted by atomic mass is 35.5. The van der Waals surface area contributed by atoms with Crippen molar-refractivity contribution in [1.82, 2.24) is 20.9 Å². The largest absolute Gasteiger partial charge is 0.340 e. The molecule has 9 heteroatoms. The molecule has 1 aromatic carbocycles. The first-order valence-corrected chi connectivity index (χ1v) is 10.9. The van der Waals surface area contributed by atoms with E-state index in [0.717, 1.165) is 24.9 Å². The molecule has 8 nitrogen and oxygen atoms in total. The van der Waals surface area contributed by atoms with Crippen molar-refractivity contribution < 1.29 is 14.4 Å². The molecule has 0 aromatic heterocycles. The monoisotopic (exact) mass is 433 g/mol. The molecule has 4 rings (SSSR count). The number of nitrogens with zero attached hydrogens (tertiary/aromatic N) is 1. The first kappa shape index (κ1) is 21.1. The fraction of sp³-hybridized carbons (Fsp3) is 0.571. The molecule has 0 bridgehead atoms. The second-order valence-corrected chi connectivity index (χ2v) is 8.85. The van der Waals surface area contributed by atoms with Crippen LogP contribution in [0.25, 0.3) is 0 Å². The number of hydrogen-bond donors (Lipinski definition) is 4. The number of nitrogens with one attached hydrogen (secondary N) is 4. The van der Waals surface area contributed by atoms with Crippen LogP contribution in [0.1, 0.15) is 38.2 Å². The van der Waals surface area contributed by atoms with E-state index < -0.39 is 18.0 Å². The van der Waals surface area contributed by atoms with Gasteiger partial charge in [0.05, 0.1) is 18.0 Å². The number of piperidine rings is 2. The van der Waals surface area contributed by atoms with Crippen molar-refractivity contribution >= 4 is 35.0 Å². The number of hydrogen-bond acceptors (Lipinski definition) is 5. The lowest BCUT2D eigenvalue weighted by Crippen LogP contribution is -2.75. The van der Waals surface area contributed by atoms with Gasteiger partial charge in [-0.15, -0.1) is 0 Å². The average molecular weight is 434 g/mol. The van der Waals surface area contributed by atoms with Crippen LogP contribution < -0.4 is 21.3 Å². The number of fused-ring (bicyclic) bond motifs is 1. The maximum Gasteiger partial charge on any atom is 0.229 e. The number of halogens is 1. The lowest BCUT2D eigenvalue weighted by Gasteiger charge is -2.48. The summed E-state index contributed by atoms with van der Waals surface area (Å²) in [6.45, 7) is 4.83. The van der Waals surface area contributed by atoms with Crippen molar-refractivity contribution in [3.8, 4) is 0 Å². The molecule has 3 fully saturated rings. The third-order valence-electron chi connectivity index (χ3n) is 6.48. The lowest BCUT2D eigenvalue weighted by molar-refractivity contribution is -0.148. The van der Waals surface area contributed by atoms with E-state index in [-0.39, 0.29) is 30.4 Å². The van der Waals surface area contributed by atoms with Crippen LogP contribution in [-0.2, 0) is 14.4 Å². The van der Waals surface area contributed by atoms with Gasteiger partial charge in [0.25, 0.3) is 0 Å². The van der Waals surface area contributed by atoms with Crippen LogP contribution in [0.3, 0.4) is 0 Å². The Bertz CT molecular complexity index is 863. The second-order valence-electron chi connectivity index (χ2n) is 8.44. The zero-order valence-corrected chi connectivity index (χ0v) is 18.0. The maximum absolute atomic E-state index is 13.1. The van der Waals surface area contributed by atoms with Crippen molar-refractivity contribution in [1.29, 1.82) is 0 Å². The van der Waals surface area contributed by atoms with Gasteiger partial charge in [-0.1, -0.05) is 24.1 Å². The molecule has 3 amide bonds. The molecule has 3 aliphatic heterocycles. The van der Waals surface area contributed by atoms with Gasteiger partial charge in [-0.3, -0.25) is 24.6 Å². The predicted molar refractivity (Wildman–Crippen MR) is 113 cm³/mol. The fourth-order valence-electron chi connectivity index (χ4n) is 4.71. The summed E-state index contributed by atoms with van der Waals surface area (Å²) in [5, 5.41) is 12.6. The predicted octanol–water partition coefficient (Wildman–Crippen LogP) is 1.54. The quantitative estimate of drug-likeness (QED) is 0.579. The molecule has 0 aliphatic carbocycles. The standard InChI is InChI=1S/C21H28ClN5O3/c1-11-6-3-4-9-27(11)21-25-18-17(20(30)26-21)13(10-16(28)24-18)19(29)23-15-8-5-7-14(22)12(15)2/h5,7-8,11,13,17-18,21,25H,3-4,6,9-10H2,1-2H3,(H,23,29)(H,24,28)(H,26,30). The third kappa shape index (κ3) is 4.04. The fourth-order valence-corrected chi connectivity index (χ4v) is 4.88. The topological polar surface area (TPSA) is 103 Å². The molecule has 3 aliphatic rings. The van der Waals surface area contributed by atoms with Gasteiger partial charge in [-0.2, -0.15) is 0 Å². The molecule has 162 valence electrons. The van der Waals surface area contributed by atoms with E-state index in [1.54, 1.807) is 18.2 Å². The molecule has 0 saturated carbocycles. The molecule has 0 radical (unpaired) electrons. The van der Waals surface area contributed by atoms with Crippen LogP contribution in [0.5, 0.6) is 0 Å². The van der Waals surface area contributed by atoms with Crippen molar-refractivity contribution in [3.63, 3.8) is 0 Å². The number of likely N-dealkylation sites (tertiary alicyclic amines) is 1. The summed E-state index contributed by atoms with van der Waals surface area (Å²) in [4.78, 5) is 40.7. The Hall–Kier alpha value is -2.16. The van der Waals surface area contributed by atoms with Crippen molar-refractivity contribution in [2.75, 3.05) is 11.9 Å². The Balaban J connectivity index is 1.52. The maximum atomic E-state index is 13.1. The van der Waals surface area contributed by atoms with E-state index >= 15 is 0 Å². The summed E-state index contributed by atoms with van der Waals surface area (Å²) in [6, 6.07) is 5.58. The average Bonchev–Trinajstić information content (AvgIpc) is 2.70. The Kier molecular flexibility index (Phi) is 5.99. The van der Waals surface area contributed by atoms with E-state index in [1.165, 1.54) is 6.42 Å². The number of rotatable bonds is 3. The van der Waals surface area contributed by atoms with Gasteiger partial charge in [0.15, 0.2) is 0 Å². The molecule has 3 saturated heterocycles. The molecule has 5 atom stereocenters. The first-order chi connectivity index (χ1) is 14.3. The van der Waals surface area contributed by atoms with Gasteiger partial charge in [0.1, 0.15) is 6.29 Å². The smallest absolute Gasteiger partial charge is 0.229 e. The molecule has 4 N–H and O–H groups in total. The number of carbonyl (C=O) groups is 3. The van der Waals surface area contributed by atoms with Gasteiger partial charge in [-0.05, 0) is 44.4 Å². The van der Waals surface area contributed by atoms with Crippen LogP contribution >= 0.6 is 11.6 Å². The third-order valence-corrected chi connectivity index (χ3v) is 6.89. The van der Waals surface area contributed by atoms with Crippen LogP contribution in [0.4, 0.5) is 5.69 Å². The molecule has 1 aromatic rings. The Morgan fingerprint density at radius 3 is 2.80 bits per heavy atom.